The van der Waals surface area contributed by atoms with Crippen LogP contribution in [0.5, 0.6) is 5.75 Å². The summed E-state index contributed by atoms with van der Waals surface area (Å²) in [6.45, 7) is -0.192. The number of benzene rings is 4. The molecule has 40 heavy (non-hydrogen) atoms. The molecule has 4 aromatic rings. The van der Waals surface area contributed by atoms with Crippen molar-refractivity contribution >= 4 is 23.7 Å². The summed E-state index contributed by atoms with van der Waals surface area (Å²) in [6.07, 6.45) is -0.639. The third-order valence-electron chi connectivity index (χ3n) is 6.85. The van der Waals surface area contributed by atoms with Crippen LogP contribution in [0.2, 0.25) is 0 Å². The molecule has 5 rings (SSSR count). The number of hydrogen-bond donors (Lipinski definition) is 2. The molecule has 202 valence electrons. The second-order valence-electron chi connectivity index (χ2n) is 9.41. The largest absolute Gasteiger partial charge is 0.496 e. The normalized spacial score (nSPS) is 11.7. The maximum atomic E-state index is 13.3. The number of aliphatic carboxylic acids is 1. The first-order valence-electron chi connectivity index (χ1n) is 12.8. The van der Waals surface area contributed by atoms with Gasteiger partial charge in [-0.2, -0.15) is 0 Å². The van der Waals surface area contributed by atoms with E-state index >= 15 is 0 Å². The monoisotopic (exact) mass is 536 g/mol. The highest BCUT2D eigenvalue weighted by atomic mass is 16.5. The smallest absolute Gasteiger partial charge is 0.411 e. The molecule has 1 aliphatic carbocycles. The van der Waals surface area contributed by atoms with Gasteiger partial charge in [0.1, 0.15) is 18.9 Å². The van der Waals surface area contributed by atoms with Crippen LogP contribution in [0.25, 0.3) is 11.1 Å². The SMILES string of the molecule is COc1cc(NC(=O)OCC2c3ccccc3-c3ccccc32)ccc1C(=O)N(CC(=O)O)Cc1ccccc1. The topological polar surface area (TPSA) is 105 Å². The molecule has 0 radical (unpaired) electrons. The molecule has 0 aliphatic heterocycles. The van der Waals surface area contributed by atoms with Gasteiger partial charge in [-0.25, -0.2) is 4.79 Å². The fourth-order valence-corrected chi connectivity index (χ4v) is 5.03. The molecular weight excluding hydrogens is 508 g/mol. The molecule has 4 aromatic carbocycles. The van der Waals surface area contributed by atoms with E-state index < -0.39 is 24.5 Å². The Hall–Kier alpha value is -5.11. The van der Waals surface area contributed by atoms with E-state index in [2.05, 4.69) is 17.4 Å². The number of carbonyl (C=O) groups excluding carboxylic acids is 2. The van der Waals surface area contributed by atoms with Crippen molar-refractivity contribution in [1.29, 1.82) is 0 Å². The lowest BCUT2D eigenvalue weighted by Crippen LogP contribution is -2.35. The van der Waals surface area contributed by atoms with Crippen molar-refractivity contribution < 1.29 is 29.0 Å². The molecule has 0 saturated carbocycles. The van der Waals surface area contributed by atoms with Crippen LogP contribution in [0.4, 0.5) is 10.5 Å². The highest BCUT2D eigenvalue weighted by molar-refractivity contribution is 5.99. The zero-order chi connectivity index (χ0) is 28.1. The summed E-state index contributed by atoms with van der Waals surface area (Å²) in [6, 6.07) is 29.9. The Morgan fingerprint density at radius 1 is 0.850 bits per heavy atom. The van der Waals surface area contributed by atoms with E-state index in [4.69, 9.17) is 9.47 Å². The number of carboxylic acids is 1. The van der Waals surface area contributed by atoms with E-state index in [9.17, 15) is 19.5 Å². The molecule has 2 amide bonds. The highest BCUT2D eigenvalue weighted by Crippen LogP contribution is 2.44. The standard InChI is InChI=1S/C32H28N2O6/c1-39-29-17-22(15-16-27(29)31(37)34(19-30(35)36)18-21-9-3-2-4-10-21)33-32(38)40-20-28-25-13-7-5-11-23(25)24-12-6-8-14-26(24)28/h2-17,28H,18-20H2,1H3,(H,33,38)(H,35,36). The Bertz CT molecular complexity index is 1510. The average molecular weight is 537 g/mol. The number of carbonyl (C=O) groups is 3. The van der Waals surface area contributed by atoms with Crippen molar-refractivity contribution in [2.24, 2.45) is 0 Å². The quantitative estimate of drug-likeness (QED) is 0.281. The Morgan fingerprint density at radius 2 is 1.48 bits per heavy atom. The Balaban J connectivity index is 1.27. The second-order valence-corrected chi connectivity index (χ2v) is 9.41. The van der Waals surface area contributed by atoms with Gasteiger partial charge in [0.25, 0.3) is 5.91 Å². The van der Waals surface area contributed by atoms with Crippen LogP contribution in [0.15, 0.2) is 97.1 Å². The molecule has 0 heterocycles. The predicted molar refractivity (Wildman–Crippen MR) is 151 cm³/mol. The first-order chi connectivity index (χ1) is 19.4. The molecule has 0 fully saturated rings. The third kappa shape index (κ3) is 5.66. The Morgan fingerprint density at radius 3 is 2.10 bits per heavy atom. The summed E-state index contributed by atoms with van der Waals surface area (Å²) in [4.78, 5) is 38.8. The van der Waals surface area contributed by atoms with E-state index in [0.29, 0.717) is 5.69 Å². The van der Waals surface area contributed by atoms with E-state index in [1.807, 2.05) is 66.7 Å². The first-order valence-corrected chi connectivity index (χ1v) is 12.8. The van der Waals surface area contributed by atoms with Gasteiger partial charge in [-0.15, -0.1) is 0 Å². The zero-order valence-corrected chi connectivity index (χ0v) is 21.9. The highest BCUT2D eigenvalue weighted by Gasteiger charge is 2.29. The Labute approximate surface area is 231 Å². The molecule has 0 bridgehead atoms. The number of anilines is 1. The molecule has 1 aliphatic rings. The summed E-state index contributed by atoms with van der Waals surface area (Å²) in [5.41, 5.74) is 5.85. The summed E-state index contributed by atoms with van der Waals surface area (Å²) in [5, 5.41) is 12.1. The van der Waals surface area contributed by atoms with E-state index in [1.54, 1.807) is 6.07 Å². The molecular formula is C32H28N2O6. The van der Waals surface area contributed by atoms with Crippen molar-refractivity contribution in [3.8, 4) is 16.9 Å². The third-order valence-corrected chi connectivity index (χ3v) is 6.85. The Kier molecular flexibility index (Phi) is 7.77. The van der Waals surface area contributed by atoms with Crippen LogP contribution < -0.4 is 10.1 Å². The predicted octanol–water partition coefficient (Wildman–Crippen LogP) is 5.78. The van der Waals surface area contributed by atoms with Gasteiger partial charge in [0.15, 0.2) is 0 Å². The van der Waals surface area contributed by atoms with E-state index in [0.717, 1.165) is 27.8 Å². The first kappa shape index (κ1) is 26.5. The minimum Gasteiger partial charge on any atom is -0.496 e. The summed E-state index contributed by atoms with van der Waals surface area (Å²) in [7, 11) is 1.40. The molecule has 0 saturated heterocycles. The number of rotatable bonds is 9. The number of nitrogens with one attached hydrogen (secondary N) is 1. The molecule has 0 spiro atoms. The van der Waals surface area contributed by atoms with Crippen LogP contribution in [-0.4, -0.2) is 48.2 Å². The zero-order valence-electron chi connectivity index (χ0n) is 21.9. The number of hydrogen-bond acceptors (Lipinski definition) is 5. The van der Waals surface area contributed by atoms with Crippen LogP contribution >= 0.6 is 0 Å². The maximum absolute atomic E-state index is 13.3. The van der Waals surface area contributed by atoms with Crippen molar-refractivity contribution in [3.63, 3.8) is 0 Å². The molecule has 8 nitrogen and oxygen atoms in total. The number of nitrogens with zero attached hydrogens (tertiary/aromatic N) is 1. The minimum atomic E-state index is -1.13. The summed E-state index contributed by atoms with van der Waals surface area (Å²) >= 11 is 0. The second kappa shape index (κ2) is 11.7. The minimum absolute atomic E-state index is 0.0717. The number of carboxylic acid groups (broad SMARTS) is 1. The molecule has 0 unspecified atom stereocenters. The van der Waals surface area contributed by atoms with Gasteiger partial charge in [-0.3, -0.25) is 14.9 Å². The maximum Gasteiger partial charge on any atom is 0.411 e. The van der Waals surface area contributed by atoms with Crippen molar-refractivity contribution in [3.05, 3.63) is 119 Å². The van der Waals surface area contributed by atoms with Crippen LogP contribution in [0, 0.1) is 0 Å². The lowest BCUT2D eigenvalue weighted by atomic mass is 9.98. The van der Waals surface area contributed by atoms with E-state index in [-0.39, 0.29) is 30.4 Å². The molecule has 2 N–H and O–H groups in total. The summed E-state index contributed by atoms with van der Waals surface area (Å²) < 4.78 is 11.0. The van der Waals surface area contributed by atoms with Crippen molar-refractivity contribution in [2.45, 2.75) is 12.5 Å². The number of methoxy groups -OCH3 is 1. The van der Waals surface area contributed by atoms with Gasteiger partial charge in [-0.1, -0.05) is 78.9 Å². The lowest BCUT2D eigenvalue weighted by Gasteiger charge is -2.22. The van der Waals surface area contributed by atoms with Gasteiger partial charge in [0.05, 0.1) is 12.7 Å². The average Bonchev–Trinajstić information content (AvgIpc) is 3.29. The van der Waals surface area contributed by atoms with E-state index in [1.165, 1.54) is 24.1 Å². The van der Waals surface area contributed by atoms with Crippen LogP contribution in [-0.2, 0) is 16.1 Å². The lowest BCUT2D eigenvalue weighted by molar-refractivity contribution is -0.137. The molecule has 8 heteroatoms. The number of fused-ring (bicyclic) bond motifs is 3. The van der Waals surface area contributed by atoms with Gasteiger partial charge < -0.3 is 19.5 Å². The molecule has 0 aromatic heterocycles. The van der Waals surface area contributed by atoms with Gasteiger partial charge in [-0.05, 0) is 39.9 Å². The van der Waals surface area contributed by atoms with Gasteiger partial charge in [0.2, 0.25) is 0 Å². The molecule has 0 atom stereocenters. The number of ether oxygens (including phenoxy) is 2. The fourth-order valence-electron chi connectivity index (χ4n) is 5.03. The van der Waals surface area contributed by atoms with Crippen molar-refractivity contribution in [1.82, 2.24) is 4.90 Å². The van der Waals surface area contributed by atoms with Gasteiger partial charge >= 0.3 is 12.1 Å². The number of amides is 2. The van der Waals surface area contributed by atoms with Crippen molar-refractivity contribution in [2.75, 3.05) is 25.6 Å². The van der Waals surface area contributed by atoms with Crippen LogP contribution in [0.1, 0.15) is 33.0 Å². The van der Waals surface area contributed by atoms with Crippen LogP contribution in [0.3, 0.4) is 0 Å². The fraction of sp³-hybridized carbons (Fsp3) is 0.156. The summed E-state index contributed by atoms with van der Waals surface area (Å²) in [5.74, 6) is -1.50. The van der Waals surface area contributed by atoms with Gasteiger partial charge in [0, 0.05) is 24.2 Å².